The Labute approximate surface area is 124 Å². The van der Waals surface area contributed by atoms with Crippen LogP contribution in [0.1, 0.15) is 13.8 Å². The summed E-state index contributed by atoms with van der Waals surface area (Å²) >= 11 is 0. The number of rotatable bonds is 2. The molecular formula is C15H23N3O3. The van der Waals surface area contributed by atoms with Gasteiger partial charge in [0.2, 0.25) is 0 Å². The first-order chi connectivity index (χ1) is 10.1. The van der Waals surface area contributed by atoms with Crippen LogP contribution in [0.2, 0.25) is 0 Å². The minimum atomic E-state index is -0.0557. The Kier molecular flexibility index (Phi) is 4.17. The summed E-state index contributed by atoms with van der Waals surface area (Å²) in [6, 6.07) is 4.31. The molecule has 3 heterocycles. The average Bonchev–Trinajstić information content (AvgIpc) is 2.47. The van der Waals surface area contributed by atoms with Crippen LogP contribution in [0.5, 0.6) is 0 Å². The van der Waals surface area contributed by atoms with Crippen LogP contribution in [-0.4, -0.2) is 56.6 Å². The largest absolute Gasteiger partial charge is 0.377 e. The smallest absolute Gasteiger partial charge is 0.251 e. The summed E-state index contributed by atoms with van der Waals surface area (Å²) in [5.41, 5.74) is 0.920. The van der Waals surface area contributed by atoms with Crippen molar-refractivity contribution >= 4 is 11.5 Å². The van der Waals surface area contributed by atoms with Crippen LogP contribution in [0.15, 0.2) is 16.9 Å². The van der Waals surface area contributed by atoms with Gasteiger partial charge in [-0.1, -0.05) is 0 Å². The summed E-state index contributed by atoms with van der Waals surface area (Å²) in [5, 5.41) is 0. The molecule has 1 N–H and O–H groups in total. The maximum absolute atomic E-state index is 12.0. The second kappa shape index (κ2) is 6.07. The number of aromatic amines is 1. The summed E-state index contributed by atoms with van der Waals surface area (Å²) in [4.78, 5) is 19.4. The van der Waals surface area contributed by atoms with Crippen LogP contribution in [0.25, 0.3) is 0 Å². The second-order valence-corrected chi connectivity index (χ2v) is 5.82. The van der Waals surface area contributed by atoms with Gasteiger partial charge >= 0.3 is 0 Å². The van der Waals surface area contributed by atoms with Crippen molar-refractivity contribution in [1.82, 2.24) is 4.98 Å². The number of hydrogen-bond acceptors (Lipinski definition) is 5. The number of morpholine rings is 2. The second-order valence-electron chi connectivity index (χ2n) is 5.82. The van der Waals surface area contributed by atoms with E-state index in [0.717, 1.165) is 24.6 Å². The van der Waals surface area contributed by atoms with Crippen molar-refractivity contribution in [2.45, 2.75) is 25.9 Å². The van der Waals surface area contributed by atoms with E-state index >= 15 is 0 Å². The van der Waals surface area contributed by atoms with Gasteiger partial charge in [0.25, 0.3) is 5.56 Å². The molecule has 2 unspecified atom stereocenters. The summed E-state index contributed by atoms with van der Waals surface area (Å²) in [7, 11) is 0. The van der Waals surface area contributed by atoms with Gasteiger partial charge in [0.1, 0.15) is 5.82 Å². The molecule has 2 fully saturated rings. The van der Waals surface area contributed by atoms with Crippen LogP contribution in [-0.2, 0) is 9.47 Å². The van der Waals surface area contributed by atoms with E-state index < -0.39 is 0 Å². The van der Waals surface area contributed by atoms with Crippen molar-refractivity contribution in [2.24, 2.45) is 0 Å². The number of nitrogens with zero attached hydrogens (tertiary/aromatic N) is 2. The topological polar surface area (TPSA) is 57.8 Å². The van der Waals surface area contributed by atoms with Gasteiger partial charge in [-0.05, 0) is 13.8 Å². The normalized spacial score (nSPS) is 27.0. The lowest BCUT2D eigenvalue weighted by Crippen LogP contribution is -2.46. The molecule has 0 aliphatic carbocycles. The third-order valence-corrected chi connectivity index (χ3v) is 4.19. The quantitative estimate of drug-likeness (QED) is 0.875. The van der Waals surface area contributed by atoms with Crippen LogP contribution < -0.4 is 15.4 Å². The van der Waals surface area contributed by atoms with E-state index in [1.54, 1.807) is 6.07 Å². The van der Waals surface area contributed by atoms with Gasteiger partial charge in [-0.15, -0.1) is 0 Å². The molecule has 116 valence electrons. The lowest BCUT2D eigenvalue weighted by Gasteiger charge is -2.37. The highest BCUT2D eigenvalue weighted by Gasteiger charge is 2.23. The average molecular weight is 293 g/mol. The number of ether oxygens (including phenoxy) is 2. The fourth-order valence-electron chi connectivity index (χ4n) is 3.03. The Bertz CT molecular complexity index is 502. The number of anilines is 2. The zero-order valence-electron chi connectivity index (χ0n) is 12.7. The molecule has 3 rings (SSSR count). The lowest BCUT2D eigenvalue weighted by atomic mass is 10.2. The molecule has 2 aliphatic heterocycles. The van der Waals surface area contributed by atoms with Crippen LogP contribution in [0.3, 0.4) is 0 Å². The standard InChI is InChI=1S/C15H23N3O3/c1-11-9-20-5-3-17(11)13-7-14(16-15(19)8-13)18-4-6-21-10-12(18)2/h7-8,11-12H,3-6,9-10H2,1-2H3,(H,16,19). The zero-order chi connectivity index (χ0) is 14.8. The Balaban J connectivity index is 1.90. The summed E-state index contributed by atoms with van der Waals surface area (Å²) in [6.45, 7) is 8.67. The summed E-state index contributed by atoms with van der Waals surface area (Å²) in [5.74, 6) is 0.881. The molecule has 2 atom stereocenters. The molecule has 21 heavy (non-hydrogen) atoms. The highest BCUT2D eigenvalue weighted by atomic mass is 16.5. The van der Waals surface area contributed by atoms with Crippen LogP contribution >= 0.6 is 0 Å². The SMILES string of the molecule is CC1COCCN1c1cc(N2CCOCC2C)[nH]c(=O)c1. The third kappa shape index (κ3) is 3.06. The van der Waals surface area contributed by atoms with E-state index in [4.69, 9.17) is 9.47 Å². The predicted molar refractivity (Wildman–Crippen MR) is 82.3 cm³/mol. The molecule has 0 radical (unpaired) electrons. The number of nitrogens with one attached hydrogen (secondary N) is 1. The molecule has 1 aromatic rings. The first-order valence-electron chi connectivity index (χ1n) is 7.58. The fourth-order valence-corrected chi connectivity index (χ4v) is 3.03. The van der Waals surface area contributed by atoms with Gasteiger partial charge < -0.3 is 24.3 Å². The Hall–Kier alpha value is -1.53. The zero-order valence-corrected chi connectivity index (χ0v) is 12.7. The van der Waals surface area contributed by atoms with E-state index in [0.29, 0.717) is 26.4 Å². The van der Waals surface area contributed by atoms with E-state index in [1.807, 2.05) is 0 Å². The van der Waals surface area contributed by atoms with E-state index in [-0.39, 0.29) is 17.6 Å². The molecule has 0 spiro atoms. The predicted octanol–water partition coefficient (Wildman–Crippen LogP) is 0.825. The molecule has 2 aliphatic rings. The number of aromatic nitrogens is 1. The highest BCUT2D eigenvalue weighted by Crippen LogP contribution is 2.24. The highest BCUT2D eigenvalue weighted by molar-refractivity contribution is 5.56. The van der Waals surface area contributed by atoms with Crippen molar-refractivity contribution in [3.05, 3.63) is 22.5 Å². The van der Waals surface area contributed by atoms with Gasteiger partial charge in [0.05, 0.1) is 32.5 Å². The molecule has 6 heteroatoms. The monoisotopic (exact) mass is 293 g/mol. The van der Waals surface area contributed by atoms with Crippen molar-refractivity contribution in [3.8, 4) is 0 Å². The maximum Gasteiger partial charge on any atom is 0.251 e. The Morgan fingerprint density at radius 1 is 1.05 bits per heavy atom. The number of H-pyrrole nitrogens is 1. The number of hydrogen-bond donors (Lipinski definition) is 1. The summed E-state index contributed by atoms with van der Waals surface area (Å²) < 4.78 is 10.9. The first-order valence-corrected chi connectivity index (χ1v) is 7.58. The van der Waals surface area contributed by atoms with Crippen molar-refractivity contribution in [3.63, 3.8) is 0 Å². The van der Waals surface area contributed by atoms with Gasteiger partial charge in [0.15, 0.2) is 0 Å². The molecule has 2 saturated heterocycles. The molecular weight excluding hydrogens is 270 g/mol. The van der Waals surface area contributed by atoms with E-state index in [2.05, 4.69) is 34.7 Å². The number of pyridine rings is 1. The summed E-state index contributed by atoms with van der Waals surface area (Å²) in [6.07, 6.45) is 0. The van der Waals surface area contributed by atoms with Gasteiger partial charge in [-0.3, -0.25) is 4.79 Å². The Morgan fingerprint density at radius 3 is 2.29 bits per heavy atom. The van der Waals surface area contributed by atoms with Gasteiger partial charge in [-0.2, -0.15) is 0 Å². The molecule has 1 aromatic heterocycles. The minimum Gasteiger partial charge on any atom is -0.377 e. The van der Waals surface area contributed by atoms with Crippen LogP contribution in [0, 0.1) is 0 Å². The fraction of sp³-hybridized carbons (Fsp3) is 0.667. The van der Waals surface area contributed by atoms with Crippen molar-refractivity contribution in [2.75, 3.05) is 49.3 Å². The minimum absolute atomic E-state index is 0.0557. The Morgan fingerprint density at radius 2 is 1.67 bits per heavy atom. The lowest BCUT2D eigenvalue weighted by molar-refractivity contribution is 0.0980. The first kappa shape index (κ1) is 14.4. The maximum atomic E-state index is 12.0. The van der Waals surface area contributed by atoms with Crippen molar-refractivity contribution < 1.29 is 9.47 Å². The molecule has 0 amide bonds. The van der Waals surface area contributed by atoms with Crippen LogP contribution in [0.4, 0.5) is 11.5 Å². The van der Waals surface area contributed by atoms with Gasteiger partial charge in [-0.25, -0.2) is 0 Å². The van der Waals surface area contributed by atoms with E-state index in [9.17, 15) is 4.79 Å². The molecule has 0 aromatic carbocycles. The van der Waals surface area contributed by atoms with Crippen molar-refractivity contribution in [1.29, 1.82) is 0 Å². The molecule has 0 bridgehead atoms. The van der Waals surface area contributed by atoms with E-state index in [1.165, 1.54) is 0 Å². The third-order valence-electron chi connectivity index (χ3n) is 4.19. The van der Waals surface area contributed by atoms with Gasteiger partial charge in [0, 0.05) is 37.0 Å². The molecule has 0 saturated carbocycles. The molecule has 6 nitrogen and oxygen atoms in total.